The second-order valence-corrected chi connectivity index (χ2v) is 4.48. The van der Waals surface area contributed by atoms with Crippen LogP contribution in [0.15, 0.2) is 16.6 Å². The van der Waals surface area contributed by atoms with Gasteiger partial charge in [-0.15, -0.1) is 0 Å². The fourth-order valence-electron chi connectivity index (χ4n) is 1.58. The van der Waals surface area contributed by atoms with E-state index in [9.17, 15) is 5.11 Å². The predicted octanol–water partition coefficient (Wildman–Crippen LogP) is 1.60. The molecule has 0 saturated heterocycles. The molecule has 16 heavy (non-hydrogen) atoms. The number of hydrogen-bond acceptors (Lipinski definition) is 4. The van der Waals surface area contributed by atoms with Crippen molar-refractivity contribution in [3.8, 4) is 11.5 Å². The molecular weight excluding hydrogens is 274 g/mol. The third kappa shape index (κ3) is 2.31. The Hall–Kier alpha value is -0.780. The van der Waals surface area contributed by atoms with E-state index in [1.807, 2.05) is 6.07 Å². The summed E-state index contributed by atoms with van der Waals surface area (Å²) in [5.41, 5.74) is 6.17. The van der Waals surface area contributed by atoms with Gasteiger partial charge < -0.3 is 20.3 Å². The fourth-order valence-corrected chi connectivity index (χ4v) is 2.17. The van der Waals surface area contributed by atoms with Crippen molar-refractivity contribution < 1.29 is 14.6 Å². The first kappa shape index (κ1) is 11.7. The lowest BCUT2D eigenvalue weighted by molar-refractivity contribution is 0.185. The zero-order valence-electron chi connectivity index (χ0n) is 8.78. The Labute approximate surface area is 102 Å². The van der Waals surface area contributed by atoms with Crippen LogP contribution in [-0.4, -0.2) is 24.9 Å². The van der Waals surface area contributed by atoms with Crippen molar-refractivity contribution in [2.75, 3.05) is 19.8 Å². The average Bonchev–Trinajstić information content (AvgIpc) is 2.51. The standard InChI is InChI=1S/C11H14BrNO3/c12-8-5-11-10(15-2-1-3-16-11)4-7(8)9(14)6-13/h4-5,9,14H,1-3,6,13H2. The smallest absolute Gasteiger partial charge is 0.162 e. The number of rotatable bonds is 2. The summed E-state index contributed by atoms with van der Waals surface area (Å²) in [6, 6.07) is 3.59. The summed E-state index contributed by atoms with van der Waals surface area (Å²) < 4.78 is 11.9. The molecule has 1 unspecified atom stereocenters. The summed E-state index contributed by atoms with van der Waals surface area (Å²) in [4.78, 5) is 0. The number of ether oxygens (including phenoxy) is 2. The third-order valence-corrected chi connectivity index (χ3v) is 3.14. The Morgan fingerprint density at radius 3 is 2.56 bits per heavy atom. The molecule has 0 aromatic heterocycles. The van der Waals surface area contributed by atoms with Crippen molar-refractivity contribution in [3.05, 3.63) is 22.2 Å². The van der Waals surface area contributed by atoms with E-state index < -0.39 is 6.10 Å². The van der Waals surface area contributed by atoms with Crippen molar-refractivity contribution in [1.29, 1.82) is 0 Å². The summed E-state index contributed by atoms with van der Waals surface area (Å²) in [6.07, 6.45) is 0.174. The zero-order valence-corrected chi connectivity index (χ0v) is 10.4. The van der Waals surface area contributed by atoms with E-state index in [1.165, 1.54) is 0 Å². The van der Waals surface area contributed by atoms with Crippen molar-refractivity contribution >= 4 is 15.9 Å². The summed E-state index contributed by atoms with van der Waals surface area (Å²) >= 11 is 3.39. The molecule has 88 valence electrons. The summed E-state index contributed by atoms with van der Waals surface area (Å²) in [7, 11) is 0. The fraction of sp³-hybridized carbons (Fsp3) is 0.455. The molecule has 1 heterocycles. The van der Waals surface area contributed by atoms with Crippen LogP contribution in [-0.2, 0) is 0 Å². The molecular formula is C11H14BrNO3. The molecule has 1 aliphatic rings. The van der Waals surface area contributed by atoms with Gasteiger partial charge in [-0.05, 0) is 17.7 Å². The first-order valence-electron chi connectivity index (χ1n) is 5.19. The normalized spacial score (nSPS) is 16.7. The first-order valence-corrected chi connectivity index (χ1v) is 5.99. The molecule has 1 atom stereocenters. The molecule has 0 fully saturated rings. The summed E-state index contributed by atoms with van der Waals surface area (Å²) in [6.45, 7) is 1.46. The number of hydrogen-bond donors (Lipinski definition) is 2. The Bertz CT molecular complexity index is 384. The van der Waals surface area contributed by atoms with E-state index >= 15 is 0 Å². The molecule has 1 aromatic rings. The molecule has 1 aromatic carbocycles. The van der Waals surface area contributed by atoms with Gasteiger partial charge in [0.2, 0.25) is 0 Å². The number of fused-ring (bicyclic) bond motifs is 1. The highest BCUT2D eigenvalue weighted by Crippen LogP contribution is 2.37. The molecule has 1 aliphatic heterocycles. The van der Waals surface area contributed by atoms with Crippen LogP contribution in [0.1, 0.15) is 18.1 Å². The highest BCUT2D eigenvalue weighted by molar-refractivity contribution is 9.10. The molecule has 0 saturated carbocycles. The highest BCUT2D eigenvalue weighted by atomic mass is 79.9. The number of halogens is 1. The maximum absolute atomic E-state index is 9.73. The van der Waals surface area contributed by atoms with Crippen LogP contribution in [0.5, 0.6) is 11.5 Å². The van der Waals surface area contributed by atoms with Crippen LogP contribution in [0.4, 0.5) is 0 Å². The largest absolute Gasteiger partial charge is 0.490 e. The molecule has 0 bridgehead atoms. The monoisotopic (exact) mass is 287 g/mol. The van der Waals surface area contributed by atoms with E-state index in [0.29, 0.717) is 24.7 Å². The van der Waals surface area contributed by atoms with E-state index in [2.05, 4.69) is 15.9 Å². The van der Waals surface area contributed by atoms with Crippen molar-refractivity contribution in [2.24, 2.45) is 5.73 Å². The summed E-state index contributed by atoms with van der Waals surface area (Å²) in [5.74, 6) is 1.38. The molecule has 0 radical (unpaired) electrons. The lowest BCUT2D eigenvalue weighted by Gasteiger charge is -2.14. The maximum atomic E-state index is 9.73. The molecule has 0 aliphatic carbocycles. The van der Waals surface area contributed by atoms with Crippen LogP contribution in [0, 0.1) is 0 Å². The predicted molar refractivity (Wildman–Crippen MR) is 63.8 cm³/mol. The lowest BCUT2D eigenvalue weighted by Crippen LogP contribution is -2.12. The average molecular weight is 288 g/mol. The Kier molecular flexibility index (Phi) is 3.68. The highest BCUT2D eigenvalue weighted by Gasteiger charge is 2.17. The molecule has 2 rings (SSSR count). The Morgan fingerprint density at radius 1 is 1.31 bits per heavy atom. The van der Waals surface area contributed by atoms with Gasteiger partial charge in [0.25, 0.3) is 0 Å². The van der Waals surface area contributed by atoms with Crippen molar-refractivity contribution in [2.45, 2.75) is 12.5 Å². The van der Waals surface area contributed by atoms with Crippen molar-refractivity contribution in [3.63, 3.8) is 0 Å². The number of aliphatic hydroxyl groups excluding tert-OH is 1. The Morgan fingerprint density at radius 2 is 1.94 bits per heavy atom. The third-order valence-electron chi connectivity index (χ3n) is 2.45. The van der Waals surface area contributed by atoms with E-state index in [-0.39, 0.29) is 6.54 Å². The number of nitrogens with two attached hydrogens (primary N) is 1. The molecule has 3 N–H and O–H groups in total. The van der Waals surface area contributed by atoms with Gasteiger partial charge in [-0.3, -0.25) is 0 Å². The quantitative estimate of drug-likeness (QED) is 0.867. The van der Waals surface area contributed by atoms with E-state index in [4.69, 9.17) is 15.2 Å². The van der Waals surface area contributed by atoms with Gasteiger partial charge in [0.15, 0.2) is 11.5 Å². The van der Waals surface area contributed by atoms with Crippen LogP contribution in [0.25, 0.3) is 0 Å². The topological polar surface area (TPSA) is 64.7 Å². The Balaban J connectivity index is 2.38. The molecule has 0 amide bonds. The minimum atomic E-state index is -0.688. The van der Waals surface area contributed by atoms with Gasteiger partial charge in [-0.25, -0.2) is 0 Å². The molecule has 5 heteroatoms. The molecule has 4 nitrogen and oxygen atoms in total. The number of benzene rings is 1. The van der Waals surface area contributed by atoms with Crippen LogP contribution >= 0.6 is 15.9 Å². The van der Waals surface area contributed by atoms with Crippen LogP contribution in [0.2, 0.25) is 0 Å². The van der Waals surface area contributed by atoms with Gasteiger partial charge in [-0.2, -0.15) is 0 Å². The second-order valence-electron chi connectivity index (χ2n) is 3.62. The number of aliphatic hydroxyl groups is 1. The van der Waals surface area contributed by atoms with E-state index in [0.717, 1.165) is 16.5 Å². The van der Waals surface area contributed by atoms with Gasteiger partial charge in [0.1, 0.15) is 0 Å². The summed E-state index contributed by atoms with van der Waals surface area (Å²) in [5, 5.41) is 9.73. The minimum absolute atomic E-state index is 0.179. The molecule has 0 spiro atoms. The maximum Gasteiger partial charge on any atom is 0.162 e. The van der Waals surface area contributed by atoms with Gasteiger partial charge >= 0.3 is 0 Å². The lowest BCUT2D eigenvalue weighted by atomic mass is 10.1. The minimum Gasteiger partial charge on any atom is -0.490 e. The second kappa shape index (κ2) is 5.03. The van der Waals surface area contributed by atoms with Crippen LogP contribution in [0.3, 0.4) is 0 Å². The van der Waals surface area contributed by atoms with Crippen molar-refractivity contribution in [1.82, 2.24) is 0 Å². The van der Waals surface area contributed by atoms with Gasteiger partial charge in [0, 0.05) is 17.4 Å². The van der Waals surface area contributed by atoms with Gasteiger partial charge in [-0.1, -0.05) is 15.9 Å². The van der Waals surface area contributed by atoms with Crippen LogP contribution < -0.4 is 15.2 Å². The van der Waals surface area contributed by atoms with E-state index in [1.54, 1.807) is 6.07 Å². The van der Waals surface area contributed by atoms with Gasteiger partial charge in [0.05, 0.1) is 19.3 Å². The zero-order chi connectivity index (χ0) is 11.5. The first-order chi connectivity index (χ1) is 7.72. The SMILES string of the molecule is NCC(O)c1cc2c(cc1Br)OCCCO2.